The molecule has 0 bridgehead atoms. The molecule has 1 aromatic heterocycles. The molecular weight excluding hydrogens is 248 g/mol. The van der Waals surface area contributed by atoms with Gasteiger partial charge in [-0.05, 0) is 22.8 Å². The van der Waals surface area contributed by atoms with Gasteiger partial charge < -0.3 is 4.57 Å². The summed E-state index contributed by atoms with van der Waals surface area (Å²) in [6.07, 6.45) is 4.54. The molecule has 3 N–H and O–H groups in total. The van der Waals surface area contributed by atoms with Crippen LogP contribution in [0.1, 0.15) is 17.4 Å². The fourth-order valence-corrected chi connectivity index (χ4v) is 2.63. The summed E-state index contributed by atoms with van der Waals surface area (Å²) in [7, 11) is 1.98. The van der Waals surface area contributed by atoms with Crippen molar-refractivity contribution >= 4 is 10.8 Å². The Bertz CT molecular complexity index is 712. The topological polar surface area (TPSA) is 55.9 Å². The summed E-state index contributed by atoms with van der Waals surface area (Å²) in [5.74, 6) is 6.67. The van der Waals surface area contributed by atoms with E-state index in [9.17, 15) is 0 Å². The van der Waals surface area contributed by atoms with E-state index in [2.05, 4.69) is 52.9 Å². The minimum Gasteiger partial charge on any atom is -0.337 e. The van der Waals surface area contributed by atoms with Crippen LogP contribution in [0.2, 0.25) is 0 Å². The molecule has 0 spiro atoms. The van der Waals surface area contributed by atoms with Crippen molar-refractivity contribution in [1.82, 2.24) is 15.0 Å². The Labute approximate surface area is 118 Å². The quantitative estimate of drug-likeness (QED) is 0.563. The van der Waals surface area contributed by atoms with Gasteiger partial charge in [0, 0.05) is 19.4 Å². The number of benzene rings is 2. The fraction of sp³-hybridized carbons (Fsp3) is 0.188. The van der Waals surface area contributed by atoms with Crippen LogP contribution >= 0.6 is 0 Å². The lowest BCUT2D eigenvalue weighted by Gasteiger charge is -2.17. The summed E-state index contributed by atoms with van der Waals surface area (Å²) in [4.78, 5) is 4.38. The van der Waals surface area contributed by atoms with E-state index in [0.717, 1.165) is 12.2 Å². The highest BCUT2D eigenvalue weighted by Gasteiger charge is 2.15. The number of imidazole rings is 1. The van der Waals surface area contributed by atoms with Gasteiger partial charge in [0.1, 0.15) is 5.82 Å². The lowest BCUT2D eigenvalue weighted by molar-refractivity contribution is 0.508. The zero-order chi connectivity index (χ0) is 13.9. The smallest absolute Gasteiger partial charge is 0.127 e. The second-order valence-corrected chi connectivity index (χ2v) is 4.96. The Kier molecular flexibility index (Phi) is 3.50. The second-order valence-electron chi connectivity index (χ2n) is 4.96. The van der Waals surface area contributed by atoms with Crippen LogP contribution in [0.4, 0.5) is 0 Å². The van der Waals surface area contributed by atoms with Gasteiger partial charge in [0.25, 0.3) is 0 Å². The first-order chi connectivity index (χ1) is 9.79. The molecule has 0 radical (unpaired) electrons. The summed E-state index contributed by atoms with van der Waals surface area (Å²) in [5, 5.41) is 2.52. The van der Waals surface area contributed by atoms with Gasteiger partial charge in [-0.2, -0.15) is 0 Å². The zero-order valence-corrected chi connectivity index (χ0v) is 11.5. The van der Waals surface area contributed by atoms with E-state index in [1.807, 2.05) is 17.8 Å². The van der Waals surface area contributed by atoms with Crippen molar-refractivity contribution < 1.29 is 0 Å². The minimum atomic E-state index is 0.000746. The normalized spacial score (nSPS) is 12.7. The van der Waals surface area contributed by atoms with Crippen molar-refractivity contribution in [2.45, 2.75) is 12.5 Å². The lowest BCUT2D eigenvalue weighted by atomic mass is 9.98. The van der Waals surface area contributed by atoms with Crippen LogP contribution in [0.15, 0.2) is 54.9 Å². The SMILES string of the molecule is Cn1ccnc1C(Cc1cccc2ccccc12)NN. The van der Waals surface area contributed by atoms with Crippen LogP contribution in [-0.4, -0.2) is 9.55 Å². The third-order valence-corrected chi connectivity index (χ3v) is 3.68. The molecule has 20 heavy (non-hydrogen) atoms. The van der Waals surface area contributed by atoms with E-state index in [1.165, 1.54) is 16.3 Å². The van der Waals surface area contributed by atoms with Gasteiger partial charge in [-0.15, -0.1) is 0 Å². The monoisotopic (exact) mass is 266 g/mol. The molecule has 0 aliphatic rings. The molecule has 0 saturated heterocycles. The third-order valence-electron chi connectivity index (χ3n) is 3.68. The van der Waals surface area contributed by atoms with Gasteiger partial charge in [-0.3, -0.25) is 5.84 Å². The maximum atomic E-state index is 5.72. The molecule has 3 rings (SSSR count). The maximum absolute atomic E-state index is 5.72. The van der Waals surface area contributed by atoms with Crippen LogP contribution < -0.4 is 11.3 Å². The number of nitrogens with one attached hydrogen (secondary N) is 1. The number of fused-ring (bicyclic) bond motifs is 1. The molecule has 0 saturated carbocycles. The van der Waals surface area contributed by atoms with Crippen molar-refractivity contribution in [3.63, 3.8) is 0 Å². The minimum absolute atomic E-state index is 0.000746. The van der Waals surface area contributed by atoms with Crippen molar-refractivity contribution in [1.29, 1.82) is 0 Å². The van der Waals surface area contributed by atoms with Gasteiger partial charge >= 0.3 is 0 Å². The first-order valence-corrected chi connectivity index (χ1v) is 6.69. The van der Waals surface area contributed by atoms with Gasteiger partial charge in [-0.1, -0.05) is 42.5 Å². The standard InChI is InChI=1S/C16H18N4/c1-20-10-9-18-16(20)15(19-17)11-13-7-4-6-12-5-2-3-8-14(12)13/h2-10,15,19H,11,17H2,1H3. The molecule has 1 atom stereocenters. The van der Waals surface area contributed by atoms with Crippen molar-refractivity contribution in [3.8, 4) is 0 Å². The number of hydrogen-bond donors (Lipinski definition) is 2. The predicted molar refractivity (Wildman–Crippen MR) is 80.9 cm³/mol. The number of hydrogen-bond acceptors (Lipinski definition) is 3. The Hall–Kier alpha value is -2.17. The number of aryl methyl sites for hydroxylation is 1. The molecule has 0 fully saturated rings. The van der Waals surface area contributed by atoms with E-state index in [4.69, 9.17) is 5.84 Å². The van der Waals surface area contributed by atoms with E-state index >= 15 is 0 Å². The van der Waals surface area contributed by atoms with E-state index in [-0.39, 0.29) is 6.04 Å². The molecule has 0 amide bonds. The summed E-state index contributed by atoms with van der Waals surface area (Å²) >= 11 is 0. The summed E-state index contributed by atoms with van der Waals surface area (Å²) in [5.41, 5.74) is 4.15. The number of nitrogens with zero attached hydrogens (tertiary/aromatic N) is 2. The van der Waals surface area contributed by atoms with Crippen LogP contribution in [0.25, 0.3) is 10.8 Å². The lowest BCUT2D eigenvalue weighted by Crippen LogP contribution is -2.31. The highest BCUT2D eigenvalue weighted by atomic mass is 15.3. The van der Waals surface area contributed by atoms with Gasteiger partial charge in [-0.25, -0.2) is 10.4 Å². The molecule has 0 aliphatic carbocycles. The Morgan fingerprint density at radius 1 is 1.20 bits per heavy atom. The van der Waals surface area contributed by atoms with Gasteiger partial charge in [0.05, 0.1) is 6.04 Å². The summed E-state index contributed by atoms with van der Waals surface area (Å²) < 4.78 is 2.00. The number of hydrazine groups is 1. The first kappa shape index (κ1) is 12.8. The average molecular weight is 266 g/mol. The molecule has 1 unspecified atom stereocenters. The van der Waals surface area contributed by atoms with Crippen LogP contribution in [-0.2, 0) is 13.5 Å². The molecule has 3 aromatic rings. The van der Waals surface area contributed by atoms with E-state index < -0.39 is 0 Å². The molecular formula is C16H18N4. The number of rotatable bonds is 4. The predicted octanol–water partition coefficient (Wildman–Crippen LogP) is 2.32. The molecule has 2 aromatic carbocycles. The third kappa shape index (κ3) is 2.31. The number of aromatic nitrogens is 2. The van der Waals surface area contributed by atoms with Crippen molar-refractivity contribution in [2.75, 3.05) is 0 Å². The molecule has 1 heterocycles. The Morgan fingerprint density at radius 2 is 2.00 bits per heavy atom. The van der Waals surface area contributed by atoms with Crippen LogP contribution in [0.5, 0.6) is 0 Å². The number of nitrogens with two attached hydrogens (primary N) is 1. The maximum Gasteiger partial charge on any atom is 0.127 e. The Balaban J connectivity index is 1.98. The molecule has 0 aliphatic heterocycles. The highest BCUT2D eigenvalue weighted by Crippen LogP contribution is 2.23. The van der Waals surface area contributed by atoms with Crippen LogP contribution in [0, 0.1) is 0 Å². The van der Waals surface area contributed by atoms with Gasteiger partial charge in [0.15, 0.2) is 0 Å². The van der Waals surface area contributed by atoms with Gasteiger partial charge in [0.2, 0.25) is 0 Å². The van der Waals surface area contributed by atoms with E-state index in [0.29, 0.717) is 0 Å². The molecule has 4 nitrogen and oxygen atoms in total. The zero-order valence-electron chi connectivity index (χ0n) is 11.5. The molecule has 102 valence electrons. The fourth-order valence-electron chi connectivity index (χ4n) is 2.63. The average Bonchev–Trinajstić information content (AvgIpc) is 2.91. The second kappa shape index (κ2) is 5.45. The van der Waals surface area contributed by atoms with E-state index in [1.54, 1.807) is 6.20 Å². The Morgan fingerprint density at radius 3 is 2.75 bits per heavy atom. The largest absolute Gasteiger partial charge is 0.337 e. The highest BCUT2D eigenvalue weighted by molar-refractivity contribution is 5.85. The van der Waals surface area contributed by atoms with Crippen molar-refractivity contribution in [3.05, 3.63) is 66.2 Å². The first-order valence-electron chi connectivity index (χ1n) is 6.69. The van der Waals surface area contributed by atoms with Crippen LogP contribution in [0.3, 0.4) is 0 Å². The summed E-state index contributed by atoms with van der Waals surface area (Å²) in [6.45, 7) is 0. The molecule has 4 heteroatoms. The summed E-state index contributed by atoms with van der Waals surface area (Å²) in [6, 6.07) is 14.8. The van der Waals surface area contributed by atoms with Crippen molar-refractivity contribution in [2.24, 2.45) is 12.9 Å².